The van der Waals surface area contributed by atoms with Crippen LogP contribution in [0.4, 0.5) is 0 Å². The average molecular weight is 372 g/mol. The normalized spacial score (nSPS) is 14.4. The van der Waals surface area contributed by atoms with Crippen LogP contribution in [0.2, 0.25) is 0 Å². The number of piperazine rings is 1. The second kappa shape index (κ2) is 12.8. The van der Waals surface area contributed by atoms with Gasteiger partial charge >= 0.3 is 0 Å². The van der Waals surface area contributed by atoms with E-state index in [0.717, 1.165) is 63.6 Å². The van der Waals surface area contributed by atoms with Gasteiger partial charge in [0.2, 0.25) is 5.91 Å². The maximum absolute atomic E-state index is 11.8. The Morgan fingerprint density at radius 2 is 1.84 bits per heavy atom. The Morgan fingerprint density at radius 1 is 1.16 bits per heavy atom. The van der Waals surface area contributed by atoms with E-state index in [1.807, 2.05) is 24.3 Å². The molecule has 6 nitrogen and oxygen atoms in total. The molecule has 0 saturated carbocycles. The Morgan fingerprint density at radius 3 is 2.52 bits per heavy atom. The van der Waals surface area contributed by atoms with Gasteiger partial charge in [0.05, 0.1) is 13.7 Å². The van der Waals surface area contributed by atoms with Crippen molar-refractivity contribution in [3.63, 3.8) is 0 Å². The molecule has 0 aliphatic carbocycles. The number of hydrogen-bond acceptors (Lipinski definition) is 5. The van der Waals surface area contributed by atoms with E-state index in [2.05, 4.69) is 15.5 Å². The average Bonchev–Trinajstić information content (AvgIpc) is 2.64. The lowest BCUT2D eigenvalue weighted by molar-refractivity contribution is -0.121. The molecule has 1 saturated heterocycles. The van der Waals surface area contributed by atoms with Crippen molar-refractivity contribution in [2.24, 2.45) is 0 Å². The van der Waals surface area contributed by atoms with Crippen molar-refractivity contribution < 1.29 is 14.3 Å². The number of nitrogens with zero attached hydrogens (tertiary/aromatic N) is 1. The summed E-state index contributed by atoms with van der Waals surface area (Å²) in [7, 11) is 1.64. The molecule has 0 unspecified atom stereocenters. The first-order chi connectivity index (χ1) is 11.8. The van der Waals surface area contributed by atoms with Crippen molar-refractivity contribution in [1.82, 2.24) is 15.5 Å². The van der Waals surface area contributed by atoms with Crippen molar-refractivity contribution >= 4 is 18.3 Å². The van der Waals surface area contributed by atoms with E-state index in [0.29, 0.717) is 13.0 Å². The number of nitrogens with one attached hydrogen (secondary N) is 2. The summed E-state index contributed by atoms with van der Waals surface area (Å²) in [6, 6.07) is 7.46. The monoisotopic (exact) mass is 371 g/mol. The summed E-state index contributed by atoms with van der Waals surface area (Å²) in [5.41, 5.74) is 0. The summed E-state index contributed by atoms with van der Waals surface area (Å²) in [6.45, 7) is 6.71. The minimum absolute atomic E-state index is 0. The molecular formula is C18H30ClN3O3. The van der Waals surface area contributed by atoms with Crippen LogP contribution in [0.25, 0.3) is 0 Å². The minimum Gasteiger partial charge on any atom is -0.497 e. The van der Waals surface area contributed by atoms with Crippen molar-refractivity contribution in [3.05, 3.63) is 24.3 Å². The highest BCUT2D eigenvalue weighted by Crippen LogP contribution is 2.17. The number of hydrogen-bond donors (Lipinski definition) is 2. The van der Waals surface area contributed by atoms with Crippen LogP contribution in [-0.4, -0.2) is 63.8 Å². The lowest BCUT2D eigenvalue weighted by atomic mass is 10.3. The molecule has 2 N–H and O–H groups in total. The van der Waals surface area contributed by atoms with Crippen LogP contribution in [0.1, 0.15) is 19.3 Å². The van der Waals surface area contributed by atoms with E-state index in [1.54, 1.807) is 7.11 Å². The standard InChI is InChI=1S/C18H29N3O3.ClH/c1-23-16-5-7-17(8-6-16)24-15-2-4-18(22)20-9-3-12-21-13-10-19-11-14-21;/h5-8,19H,2-4,9-15H2,1H3,(H,20,22);1H. The van der Waals surface area contributed by atoms with E-state index >= 15 is 0 Å². The van der Waals surface area contributed by atoms with Crippen LogP contribution in [0, 0.1) is 0 Å². The number of halogens is 1. The van der Waals surface area contributed by atoms with Crippen molar-refractivity contribution in [2.45, 2.75) is 19.3 Å². The fourth-order valence-corrected chi connectivity index (χ4v) is 2.65. The predicted octanol–water partition coefficient (Wildman–Crippen LogP) is 1.69. The summed E-state index contributed by atoms with van der Waals surface area (Å²) in [6.07, 6.45) is 2.23. The number of benzene rings is 1. The zero-order chi connectivity index (χ0) is 17.0. The van der Waals surface area contributed by atoms with Gasteiger partial charge in [-0.3, -0.25) is 4.79 Å². The molecule has 1 amide bonds. The molecule has 1 aromatic rings. The van der Waals surface area contributed by atoms with Crippen LogP contribution < -0.4 is 20.1 Å². The van der Waals surface area contributed by atoms with E-state index in [-0.39, 0.29) is 18.3 Å². The van der Waals surface area contributed by atoms with Crippen molar-refractivity contribution in [1.29, 1.82) is 0 Å². The van der Waals surface area contributed by atoms with E-state index in [4.69, 9.17) is 9.47 Å². The molecule has 0 aromatic heterocycles. The SMILES string of the molecule is COc1ccc(OCCCC(=O)NCCCN2CCNCC2)cc1.Cl. The van der Waals surface area contributed by atoms with Crippen LogP contribution in [-0.2, 0) is 4.79 Å². The Balaban J connectivity index is 0.00000312. The molecule has 1 aromatic carbocycles. The highest BCUT2D eigenvalue weighted by molar-refractivity contribution is 5.85. The zero-order valence-corrected chi connectivity index (χ0v) is 15.8. The topological polar surface area (TPSA) is 62.8 Å². The Kier molecular flexibility index (Phi) is 11.0. The highest BCUT2D eigenvalue weighted by Gasteiger charge is 2.08. The van der Waals surface area contributed by atoms with Crippen molar-refractivity contribution in [2.75, 3.05) is 53.0 Å². The molecule has 0 radical (unpaired) electrons. The van der Waals surface area contributed by atoms with Gasteiger partial charge in [0.25, 0.3) is 0 Å². The number of carbonyl (C=O) groups excluding carboxylic acids is 1. The summed E-state index contributed by atoms with van der Waals surface area (Å²) in [4.78, 5) is 14.2. The maximum atomic E-state index is 11.8. The van der Waals surface area contributed by atoms with Gasteiger partial charge in [-0.15, -0.1) is 12.4 Å². The third-order valence-corrected chi connectivity index (χ3v) is 4.06. The summed E-state index contributed by atoms with van der Waals surface area (Å²) >= 11 is 0. The fourth-order valence-electron chi connectivity index (χ4n) is 2.65. The highest BCUT2D eigenvalue weighted by atomic mass is 35.5. The second-order valence-corrected chi connectivity index (χ2v) is 5.92. The molecule has 142 valence electrons. The van der Waals surface area contributed by atoms with Crippen LogP contribution >= 0.6 is 12.4 Å². The lowest BCUT2D eigenvalue weighted by Crippen LogP contribution is -2.44. The maximum Gasteiger partial charge on any atom is 0.220 e. The molecular weight excluding hydrogens is 342 g/mol. The first-order valence-electron chi connectivity index (χ1n) is 8.74. The van der Waals surface area contributed by atoms with Gasteiger partial charge in [-0.25, -0.2) is 0 Å². The third kappa shape index (κ3) is 8.95. The van der Waals surface area contributed by atoms with E-state index in [9.17, 15) is 4.79 Å². The second-order valence-electron chi connectivity index (χ2n) is 5.92. The van der Waals surface area contributed by atoms with Crippen molar-refractivity contribution in [3.8, 4) is 11.5 Å². The lowest BCUT2D eigenvalue weighted by Gasteiger charge is -2.27. The van der Waals surface area contributed by atoms with Gasteiger partial charge in [-0.2, -0.15) is 0 Å². The smallest absolute Gasteiger partial charge is 0.220 e. The fraction of sp³-hybridized carbons (Fsp3) is 0.611. The number of ether oxygens (including phenoxy) is 2. The molecule has 1 aliphatic heterocycles. The van der Waals surface area contributed by atoms with Gasteiger partial charge in [-0.05, 0) is 43.7 Å². The first-order valence-corrected chi connectivity index (χ1v) is 8.74. The van der Waals surface area contributed by atoms with Crippen LogP contribution in [0.15, 0.2) is 24.3 Å². The zero-order valence-electron chi connectivity index (χ0n) is 15.0. The number of amides is 1. The summed E-state index contributed by atoms with van der Waals surface area (Å²) in [5, 5.41) is 6.32. The largest absolute Gasteiger partial charge is 0.497 e. The Bertz CT molecular complexity index is 479. The first kappa shape index (κ1) is 21.5. The summed E-state index contributed by atoms with van der Waals surface area (Å²) < 4.78 is 10.7. The van der Waals surface area contributed by atoms with Gasteiger partial charge in [-0.1, -0.05) is 0 Å². The number of carbonyl (C=O) groups is 1. The minimum atomic E-state index is 0. The number of methoxy groups -OCH3 is 1. The van der Waals surface area contributed by atoms with Gasteiger partial charge in [0.15, 0.2) is 0 Å². The molecule has 0 bridgehead atoms. The molecule has 0 atom stereocenters. The molecule has 25 heavy (non-hydrogen) atoms. The Hall–Kier alpha value is -1.50. The van der Waals surface area contributed by atoms with Gasteiger partial charge < -0.3 is 25.0 Å². The van der Waals surface area contributed by atoms with Crippen LogP contribution in [0.5, 0.6) is 11.5 Å². The molecule has 1 aliphatic rings. The summed E-state index contributed by atoms with van der Waals surface area (Å²) in [5.74, 6) is 1.71. The van der Waals surface area contributed by atoms with Crippen LogP contribution in [0.3, 0.4) is 0 Å². The molecule has 1 heterocycles. The van der Waals surface area contributed by atoms with Gasteiger partial charge in [0.1, 0.15) is 11.5 Å². The molecule has 7 heteroatoms. The molecule has 2 rings (SSSR count). The van der Waals surface area contributed by atoms with Gasteiger partial charge in [0, 0.05) is 39.1 Å². The molecule has 0 spiro atoms. The Labute approximate surface area is 156 Å². The number of rotatable bonds is 10. The molecule has 1 fully saturated rings. The quantitative estimate of drug-likeness (QED) is 0.613. The van der Waals surface area contributed by atoms with E-state index in [1.165, 1.54) is 0 Å². The third-order valence-electron chi connectivity index (χ3n) is 4.06. The van der Waals surface area contributed by atoms with E-state index < -0.39 is 0 Å². The predicted molar refractivity (Wildman–Crippen MR) is 102 cm³/mol.